The number of aromatic nitrogens is 5. The second kappa shape index (κ2) is 11.2. The average molecular weight is 567 g/mol. The minimum Gasteiger partial charge on any atom is -0.478 e. The van der Waals surface area contributed by atoms with Crippen LogP contribution in [-0.2, 0) is 31.5 Å². The van der Waals surface area contributed by atoms with Crippen LogP contribution in [0.1, 0.15) is 52.6 Å². The molecule has 10 heteroatoms. The molecule has 0 radical (unpaired) electrons. The van der Waals surface area contributed by atoms with E-state index in [0.717, 1.165) is 78.1 Å². The molecule has 2 fully saturated rings. The highest BCUT2D eigenvalue weighted by atomic mass is 16.5. The molecule has 7 rings (SSSR count). The van der Waals surface area contributed by atoms with Crippen LogP contribution in [0.25, 0.3) is 22.1 Å². The quantitative estimate of drug-likeness (QED) is 0.272. The number of ether oxygens (including phenoxy) is 2. The van der Waals surface area contributed by atoms with Crippen molar-refractivity contribution in [2.75, 3.05) is 19.7 Å². The molecule has 1 N–H and O–H groups in total. The number of imidazole rings is 2. The molecule has 0 bridgehead atoms. The molecule has 42 heavy (non-hydrogen) atoms. The first-order valence-electron chi connectivity index (χ1n) is 14.6. The summed E-state index contributed by atoms with van der Waals surface area (Å²) in [4.78, 5) is 28.3. The van der Waals surface area contributed by atoms with Crippen molar-refractivity contribution in [1.29, 1.82) is 0 Å². The molecule has 2 aliphatic rings. The highest BCUT2D eigenvalue weighted by Gasteiger charge is 2.26. The van der Waals surface area contributed by atoms with Gasteiger partial charge in [0.2, 0.25) is 5.88 Å². The maximum atomic E-state index is 11.6. The Morgan fingerprint density at radius 3 is 2.67 bits per heavy atom. The number of benzene rings is 2. The SMILES string of the molecule is Cn1cnc2cc(COc3cccc(C4CCN(Cc5nc6ccc(C(=O)O)cc6n5C[C@@H]5CCO5)CC4)n3)ccc21. The van der Waals surface area contributed by atoms with Gasteiger partial charge in [0.05, 0.1) is 53.2 Å². The molecule has 0 aliphatic carbocycles. The number of nitrogens with zero attached hydrogens (tertiary/aromatic N) is 6. The fraction of sp³-hybridized carbons (Fsp3) is 0.375. The average Bonchev–Trinajstić information content (AvgIpc) is 3.52. The van der Waals surface area contributed by atoms with Gasteiger partial charge in [0.15, 0.2) is 0 Å². The van der Waals surface area contributed by atoms with E-state index in [9.17, 15) is 9.90 Å². The molecular formula is C32H34N6O4. The van der Waals surface area contributed by atoms with Gasteiger partial charge in [0.25, 0.3) is 0 Å². The highest BCUT2D eigenvalue weighted by Crippen LogP contribution is 2.30. The number of carbonyl (C=O) groups is 1. The van der Waals surface area contributed by atoms with Crippen molar-refractivity contribution in [3.8, 4) is 5.88 Å². The number of aromatic carboxylic acids is 1. The Balaban J connectivity index is 0.999. The summed E-state index contributed by atoms with van der Waals surface area (Å²) < 4.78 is 16.0. The van der Waals surface area contributed by atoms with Gasteiger partial charge in [-0.1, -0.05) is 12.1 Å². The number of fused-ring (bicyclic) bond motifs is 2. The van der Waals surface area contributed by atoms with Crippen molar-refractivity contribution >= 4 is 28.0 Å². The zero-order chi connectivity index (χ0) is 28.6. The number of hydrogen-bond donors (Lipinski definition) is 1. The predicted molar refractivity (Wildman–Crippen MR) is 158 cm³/mol. The predicted octanol–water partition coefficient (Wildman–Crippen LogP) is 4.76. The molecule has 2 aliphatic heterocycles. The number of likely N-dealkylation sites (tertiary alicyclic amines) is 1. The Labute approximate surface area is 243 Å². The van der Waals surface area contributed by atoms with E-state index in [1.54, 1.807) is 12.1 Å². The van der Waals surface area contributed by atoms with Crippen LogP contribution < -0.4 is 4.74 Å². The van der Waals surface area contributed by atoms with Gasteiger partial charge in [-0.25, -0.2) is 19.7 Å². The first kappa shape index (κ1) is 26.6. The Bertz CT molecular complexity index is 1750. The summed E-state index contributed by atoms with van der Waals surface area (Å²) in [5.74, 6) is 1.04. The van der Waals surface area contributed by atoms with E-state index >= 15 is 0 Å². The van der Waals surface area contributed by atoms with Crippen LogP contribution in [0.5, 0.6) is 5.88 Å². The van der Waals surface area contributed by atoms with Crippen LogP contribution in [0.4, 0.5) is 0 Å². The summed E-state index contributed by atoms with van der Waals surface area (Å²) in [6.07, 6.45) is 4.99. The number of hydrogen-bond acceptors (Lipinski definition) is 7. The number of piperidine rings is 1. The molecule has 5 aromatic rings. The first-order chi connectivity index (χ1) is 20.5. The topological polar surface area (TPSA) is 108 Å². The lowest BCUT2D eigenvalue weighted by molar-refractivity contribution is -0.0592. The smallest absolute Gasteiger partial charge is 0.335 e. The summed E-state index contributed by atoms with van der Waals surface area (Å²) in [7, 11) is 1.99. The van der Waals surface area contributed by atoms with Gasteiger partial charge in [-0.05, 0) is 74.3 Å². The third kappa shape index (κ3) is 5.35. The van der Waals surface area contributed by atoms with Crippen LogP contribution in [0, 0.1) is 0 Å². The van der Waals surface area contributed by atoms with Gasteiger partial charge in [0, 0.05) is 31.3 Å². The summed E-state index contributed by atoms with van der Waals surface area (Å²) >= 11 is 0. The Morgan fingerprint density at radius 1 is 1.02 bits per heavy atom. The van der Waals surface area contributed by atoms with Gasteiger partial charge in [0.1, 0.15) is 12.4 Å². The molecule has 0 amide bonds. The Kier molecular flexibility index (Phi) is 7.09. The second-order valence-corrected chi connectivity index (χ2v) is 11.3. The second-order valence-electron chi connectivity index (χ2n) is 11.3. The molecule has 2 saturated heterocycles. The summed E-state index contributed by atoms with van der Waals surface area (Å²) in [5, 5.41) is 9.52. The Hall–Kier alpha value is -4.28. The highest BCUT2D eigenvalue weighted by molar-refractivity contribution is 5.92. The van der Waals surface area contributed by atoms with Gasteiger partial charge in [-0.3, -0.25) is 4.90 Å². The van der Waals surface area contributed by atoms with E-state index in [2.05, 4.69) is 38.7 Å². The third-order valence-electron chi connectivity index (χ3n) is 8.55. The van der Waals surface area contributed by atoms with E-state index in [0.29, 0.717) is 31.5 Å². The van der Waals surface area contributed by atoms with Crippen molar-refractivity contribution in [2.24, 2.45) is 7.05 Å². The molecule has 216 valence electrons. The van der Waals surface area contributed by atoms with Crippen LogP contribution in [-0.4, -0.2) is 65.9 Å². The van der Waals surface area contributed by atoms with E-state index < -0.39 is 5.97 Å². The van der Waals surface area contributed by atoms with E-state index in [1.807, 2.05) is 36.1 Å². The van der Waals surface area contributed by atoms with E-state index in [4.69, 9.17) is 19.4 Å². The van der Waals surface area contributed by atoms with Crippen LogP contribution >= 0.6 is 0 Å². The third-order valence-corrected chi connectivity index (χ3v) is 8.55. The maximum absolute atomic E-state index is 11.6. The molecule has 1 atom stereocenters. The monoisotopic (exact) mass is 566 g/mol. The van der Waals surface area contributed by atoms with Gasteiger partial charge < -0.3 is 23.7 Å². The van der Waals surface area contributed by atoms with E-state index in [-0.39, 0.29) is 11.7 Å². The van der Waals surface area contributed by atoms with Crippen molar-refractivity contribution < 1.29 is 19.4 Å². The fourth-order valence-corrected chi connectivity index (χ4v) is 6.02. The lowest BCUT2D eigenvalue weighted by atomic mass is 9.93. The van der Waals surface area contributed by atoms with Crippen molar-refractivity contribution in [3.63, 3.8) is 0 Å². The number of aryl methyl sites for hydroxylation is 1. The molecule has 0 saturated carbocycles. The minimum absolute atomic E-state index is 0.152. The molecular weight excluding hydrogens is 532 g/mol. The number of carboxylic acids is 1. The number of carboxylic acid groups (broad SMARTS) is 1. The number of pyridine rings is 1. The normalized spacial score (nSPS) is 18.0. The van der Waals surface area contributed by atoms with Crippen LogP contribution in [0.3, 0.4) is 0 Å². The van der Waals surface area contributed by atoms with Gasteiger partial charge in [-0.2, -0.15) is 0 Å². The van der Waals surface area contributed by atoms with Gasteiger partial charge >= 0.3 is 5.97 Å². The summed E-state index contributed by atoms with van der Waals surface area (Å²) in [6, 6.07) is 17.4. The number of rotatable bonds is 9. The summed E-state index contributed by atoms with van der Waals surface area (Å²) in [5.41, 5.74) is 6.16. The van der Waals surface area contributed by atoms with E-state index in [1.165, 1.54) is 0 Å². The molecule has 10 nitrogen and oxygen atoms in total. The fourth-order valence-electron chi connectivity index (χ4n) is 6.02. The standard InChI is InChI=1S/C32H34N6O4/c1-36-20-33-27-15-21(5-8-28(27)36)19-42-31-4-2-3-25(35-31)22-9-12-37(13-10-22)18-30-34-26-7-6-23(32(39)40)16-29(26)38(30)17-24-11-14-41-24/h2-8,15-16,20,22,24H,9-14,17-19H2,1H3,(H,39,40)/t24-/m0/s1. The van der Waals surface area contributed by atoms with Crippen LogP contribution in [0.15, 0.2) is 60.9 Å². The lowest BCUT2D eigenvalue weighted by Crippen LogP contribution is -2.35. The first-order valence-corrected chi connectivity index (χ1v) is 14.6. The van der Waals surface area contributed by atoms with Crippen molar-refractivity contribution in [2.45, 2.75) is 51.0 Å². The summed E-state index contributed by atoms with van der Waals surface area (Å²) in [6.45, 7) is 4.51. The largest absolute Gasteiger partial charge is 0.478 e. The van der Waals surface area contributed by atoms with Gasteiger partial charge in [-0.15, -0.1) is 0 Å². The Morgan fingerprint density at radius 2 is 1.88 bits per heavy atom. The molecule has 3 aromatic heterocycles. The molecule has 0 spiro atoms. The molecule has 2 aromatic carbocycles. The molecule has 0 unspecified atom stereocenters. The molecule has 5 heterocycles. The zero-order valence-corrected chi connectivity index (χ0v) is 23.6. The van der Waals surface area contributed by atoms with Crippen molar-refractivity contribution in [3.05, 3.63) is 83.6 Å². The van der Waals surface area contributed by atoms with Crippen molar-refractivity contribution in [1.82, 2.24) is 29.0 Å². The lowest BCUT2D eigenvalue weighted by Gasteiger charge is -2.32. The zero-order valence-electron chi connectivity index (χ0n) is 23.6. The minimum atomic E-state index is -0.928. The van der Waals surface area contributed by atoms with Crippen LogP contribution in [0.2, 0.25) is 0 Å². The maximum Gasteiger partial charge on any atom is 0.335 e.